The molecule has 0 amide bonds. The Morgan fingerprint density at radius 2 is 1.52 bits per heavy atom. The largest absolute Gasteiger partial charge is 0.378 e. The second-order valence-electron chi connectivity index (χ2n) is 12.0. The van der Waals surface area contributed by atoms with E-state index in [4.69, 9.17) is 4.98 Å². The smallest absolute Gasteiger partial charge is 0.227 e. The molecule has 0 fully saturated rings. The number of halogens is 1. The Kier molecular flexibility index (Phi) is 11.8. The van der Waals surface area contributed by atoms with E-state index in [1.807, 2.05) is 23.1 Å². The Hall–Kier alpha value is -2.62. The highest BCUT2D eigenvalue weighted by molar-refractivity contribution is 14.0. The highest BCUT2D eigenvalue weighted by Crippen LogP contribution is 2.40. The van der Waals surface area contributed by atoms with Gasteiger partial charge in [-0.25, -0.2) is 9.56 Å². The van der Waals surface area contributed by atoms with Gasteiger partial charge in [-0.05, 0) is 72.4 Å². The summed E-state index contributed by atoms with van der Waals surface area (Å²) in [5.41, 5.74) is 10.5. The van der Waals surface area contributed by atoms with E-state index in [0.29, 0.717) is 0 Å². The summed E-state index contributed by atoms with van der Waals surface area (Å²) in [4.78, 5) is 13.5. The standard InChI is InChI=1S/C21H29N4S.C16H16S.HI/c1-8-9-14-12-17-21(20(25(6)7)19(14)24(4)5)26-18-13-15(23(2)3)10-11-16(18)22-17;1-2-5-12-8-9-16-14(10-12)11-13-6-3-4-7-15(13)17-16;/h10-13H,8-9H2,1-7H3;3-4,6-10H,2,5,11H2,1H3;1H/q+1;;. The fourth-order valence-corrected chi connectivity index (χ4v) is 8.08. The highest BCUT2D eigenvalue weighted by atomic mass is 127. The van der Waals surface area contributed by atoms with Crippen LogP contribution in [-0.2, 0) is 19.3 Å². The summed E-state index contributed by atoms with van der Waals surface area (Å²) in [5.74, 6) is 0. The molecule has 0 N–H and O–H groups in total. The maximum Gasteiger partial charge on any atom is 0.227 e. The fourth-order valence-electron chi connectivity index (χ4n) is 5.82. The van der Waals surface area contributed by atoms with Gasteiger partial charge in [0.15, 0.2) is 0 Å². The number of benzene rings is 4. The molecular weight excluding hydrogens is 691 g/mol. The summed E-state index contributed by atoms with van der Waals surface area (Å²) < 4.78 is 3.46. The molecule has 0 bridgehead atoms. The molecule has 1 aliphatic carbocycles. The van der Waals surface area contributed by atoms with Crippen molar-refractivity contribution in [2.45, 2.75) is 55.7 Å². The normalized spacial score (nSPS) is 11.6. The van der Waals surface area contributed by atoms with E-state index in [1.165, 1.54) is 71.2 Å². The van der Waals surface area contributed by atoms with Crippen molar-refractivity contribution in [3.05, 3.63) is 94.3 Å². The molecule has 2 heterocycles. The van der Waals surface area contributed by atoms with Crippen LogP contribution in [0.25, 0.3) is 20.8 Å². The van der Waals surface area contributed by atoms with E-state index in [2.05, 4.69) is 137 Å². The molecule has 232 valence electrons. The molecule has 3 aliphatic rings. The van der Waals surface area contributed by atoms with Crippen molar-refractivity contribution < 1.29 is 0 Å². The third-order valence-electron chi connectivity index (χ3n) is 7.85. The van der Waals surface area contributed by atoms with Crippen LogP contribution in [0.4, 0.5) is 11.4 Å². The van der Waals surface area contributed by atoms with Gasteiger partial charge in [-0.15, -0.1) is 35.3 Å². The van der Waals surface area contributed by atoms with Gasteiger partial charge in [0, 0.05) is 49.2 Å². The fraction of sp³-hybridized carbons (Fsp3) is 0.351. The average molecular weight is 738 g/mol. The predicted molar refractivity (Wildman–Crippen MR) is 205 cm³/mol. The Morgan fingerprint density at radius 1 is 0.795 bits per heavy atom. The summed E-state index contributed by atoms with van der Waals surface area (Å²) in [6.07, 6.45) is 5.70. The zero-order chi connectivity index (χ0) is 30.7. The highest BCUT2D eigenvalue weighted by Gasteiger charge is 2.23. The Balaban J connectivity index is 0.000000212. The lowest BCUT2D eigenvalue weighted by atomic mass is 10.0. The molecule has 0 radical (unpaired) electrons. The van der Waals surface area contributed by atoms with Gasteiger partial charge in [-0.3, -0.25) is 0 Å². The number of aryl methyl sites for hydroxylation is 2. The molecule has 44 heavy (non-hydrogen) atoms. The number of hydrogen-bond donors (Lipinski definition) is 0. The SMILES string of the molecule is CCCc1cc2nc3ccc(N(C)C)cc3sc-2c(N(C)C)c1=[N+](C)C.CCCc1ccc2c(c1)Cc1ccccc1S2.I. The summed E-state index contributed by atoms with van der Waals surface area (Å²) >= 11 is 3.75. The van der Waals surface area contributed by atoms with E-state index in [1.54, 1.807) is 0 Å². The first-order chi connectivity index (χ1) is 20.7. The van der Waals surface area contributed by atoms with E-state index in [0.717, 1.165) is 30.5 Å². The van der Waals surface area contributed by atoms with Gasteiger partial charge in [0.1, 0.15) is 19.8 Å². The predicted octanol–water partition coefficient (Wildman–Crippen LogP) is 8.83. The van der Waals surface area contributed by atoms with Gasteiger partial charge in [-0.2, -0.15) is 0 Å². The van der Waals surface area contributed by atoms with Crippen molar-refractivity contribution in [1.82, 2.24) is 9.56 Å². The molecule has 0 aromatic heterocycles. The number of rotatable bonds is 6. The first kappa shape index (κ1) is 34.3. The monoisotopic (exact) mass is 737 g/mol. The summed E-state index contributed by atoms with van der Waals surface area (Å²) in [6.45, 7) is 4.47. The number of hydrogen-bond acceptors (Lipinski definition) is 5. The van der Waals surface area contributed by atoms with Crippen LogP contribution in [0, 0.1) is 0 Å². The Morgan fingerprint density at radius 3 is 2.20 bits per heavy atom. The van der Waals surface area contributed by atoms with Gasteiger partial charge in [-0.1, -0.05) is 68.8 Å². The number of anilines is 2. The van der Waals surface area contributed by atoms with Crippen LogP contribution in [0.5, 0.6) is 0 Å². The Labute approximate surface area is 289 Å². The van der Waals surface area contributed by atoms with Crippen molar-refractivity contribution in [3.8, 4) is 10.6 Å². The second-order valence-corrected chi connectivity index (χ2v) is 14.1. The third kappa shape index (κ3) is 7.43. The van der Waals surface area contributed by atoms with Crippen LogP contribution in [0.1, 0.15) is 48.9 Å². The molecule has 0 spiro atoms. The Bertz CT molecular complexity index is 1790. The van der Waals surface area contributed by atoms with Crippen molar-refractivity contribution in [1.29, 1.82) is 0 Å². The zero-order valence-corrected chi connectivity index (χ0v) is 31.4. The minimum absolute atomic E-state index is 0. The molecule has 6 rings (SSSR count). The van der Waals surface area contributed by atoms with E-state index in [-0.39, 0.29) is 24.0 Å². The first-order valence-electron chi connectivity index (χ1n) is 15.3. The minimum Gasteiger partial charge on any atom is -0.378 e. The van der Waals surface area contributed by atoms with Gasteiger partial charge in [0.2, 0.25) is 5.36 Å². The zero-order valence-electron chi connectivity index (χ0n) is 27.4. The van der Waals surface area contributed by atoms with Crippen LogP contribution in [-0.4, -0.2) is 47.3 Å². The van der Waals surface area contributed by atoms with E-state index < -0.39 is 0 Å². The topological polar surface area (TPSA) is 22.4 Å². The average Bonchev–Trinajstić information content (AvgIpc) is 2.98. The van der Waals surface area contributed by atoms with Crippen LogP contribution in [0.3, 0.4) is 0 Å². The van der Waals surface area contributed by atoms with Crippen molar-refractivity contribution in [2.24, 2.45) is 0 Å². The minimum atomic E-state index is 0. The van der Waals surface area contributed by atoms with Gasteiger partial charge in [0.25, 0.3) is 0 Å². The number of nitrogens with zero attached hydrogens (tertiary/aromatic N) is 4. The number of fused-ring (bicyclic) bond motifs is 4. The molecule has 0 atom stereocenters. The lowest BCUT2D eigenvalue weighted by Crippen LogP contribution is -2.33. The molecular formula is C37H46IN4S2+. The molecule has 7 heteroatoms. The van der Waals surface area contributed by atoms with Gasteiger partial charge in [0.05, 0.1) is 20.8 Å². The van der Waals surface area contributed by atoms with Gasteiger partial charge >= 0.3 is 0 Å². The lowest BCUT2D eigenvalue weighted by molar-refractivity contribution is 0.781. The first-order valence-corrected chi connectivity index (χ1v) is 17.0. The summed E-state index contributed by atoms with van der Waals surface area (Å²) in [7, 11) is 12.7. The molecule has 0 unspecified atom stereocenters. The van der Waals surface area contributed by atoms with Crippen molar-refractivity contribution >= 4 is 68.7 Å². The number of aromatic nitrogens is 1. The van der Waals surface area contributed by atoms with Crippen LogP contribution < -0.4 is 19.7 Å². The lowest BCUT2D eigenvalue weighted by Gasteiger charge is -2.20. The summed E-state index contributed by atoms with van der Waals surface area (Å²) in [5, 5.41) is 1.31. The van der Waals surface area contributed by atoms with E-state index >= 15 is 0 Å². The molecule has 3 aromatic carbocycles. The maximum absolute atomic E-state index is 5.01. The molecule has 4 nitrogen and oxygen atoms in total. The molecule has 3 aromatic rings. The second kappa shape index (κ2) is 15.1. The summed E-state index contributed by atoms with van der Waals surface area (Å²) in [6, 6.07) is 24.5. The van der Waals surface area contributed by atoms with Crippen molar-refractivity contribution in [3.63, 3.8) is 0 Å². The molecule has 0 saturated heterocycles. The third-order valence-corrected chi connectivity index (χ3v) is 10.2. The van der Waals surface area contributed by atoms with Crippen LogP contribution in [0.15, 0.2) is 76.5 Å². The van der Waals surface area contributed by atoms with Gasteiger partial charge < -0.3 is 9.80 Å². The van der Waals surface area contributed by atoms with Crippen LogP contribution in [0.2, 0.25) is 0 Å². The maximum atomic E-state index is 5.01. The molecule has 2 aliphatic heterocycles. The molecule has 0 saturated carbocycles. The quantitative estimate of drug-likeness (QED) is 0.0969. The van der Waals surface area contributed by atoms with E-state index in [9.17, 15) is 0 Å². The van der Waals surface area contributed by atoms with Crippen molar-refractivity contribution in [2.75, 3.05) is 52.1 Å². The van der Waals surface area contributed by atoms with Crippen LogP contribution >= 0.6 is 47.1 Å².